The number of methoxy groups -OCH3 is 1. The summed E-state index contributed by atoms with van der Waals surface area (Å²) in [6.45, 7) is 6.07. The number of morpholine rings is 1. The third kappa shape index (κ3) is 5.96. The lowest BCUT2D eigenvalue weighted by atomic mass is 10.0. The van der Waals surface area contributed by atoms with Crippen LogP contribution in [0.4, 0.5) is 0 Å². The van der Waals surface area contributed by atoms with E-state index in [0.29, 0.717) is 23.4 Å². The molecule has 3 N–H and O–H groups in total. The molecule has 0 bridgehead atoms. The molecule has 158 valence electrons. The number of hydrogen-bond donors (Lipinski definition) is 3. The predicted octanol–water partition coefficient (Wildman–Crippen LogP) is 1.89. The zero-order chi connectivity index (χ0) is 20.6. The number of aromatic hydroxyl groups is 2. The van der Waals surface area contributed by atoms with Gasteiger partial charge in [0.2, 0.25) is 0 Å². The number of ether oxygens (including phenoxy) is 2. The lowest BCUT2D eigenvalue weighted by Gasteiger charge is -2.26. The van der Waals surface area contributed by atoms with Gasteiger partial charge in [0.25, 0.3) is 0 Å². The molecular formula is C21H28N2O6. The van der Waals surface area contributed by atoms with Crippen LogP contribution in [0.15, 0.2) is 28.7 Å². The fourth-order valence-corrected chi connectivity index (χ4v) is 3.39. The normalized spacial score (nSPS) is 14.8. The van der Waals surface area contributed by atoms with Gasteiger partial charge in [-0.3, -0.25) is 9.69 Å². The average Bonchev–Trinajstić information content (AvgIpc) is 3.16. The van der Waals surface area contributed by atoms with Gasteiger partial charge in [-0.15, -0.1) is 0 Å². The molecule has 1 aromatic heterocycles. The molecule has 1 aromatic carbocycles. The Bertz CT molecular complexity index is 813. The molecule has 2 aromatic rings. The second-order valence-corrected chi connectivity index (χ2v) is 7.00. The van der Waals surface area contributed by atoms with Crippen molar-refractivity contribution in [1.29, 1.82) is 0 Å². The first kappa shape index (κ1) is 21.2. The topological polar surface area (TPSA) is 104 Å². The number of carbonyl (C=O) groups excluding carboxylic acids is 1. The Morgan fingerprint density at radius 2 is 2.03 bits per heavy atom. The summed E-state index contributed by atoms with van der Waals surface area (Å²) in [5.41, 5.74) is 0.820. The van der Waals surface area contributed by atoms with Gasteiger partial charge >= 0.3 is 5.97 Å². The minimum absolute atomic E-state index is 0.0797. The van der Waals surface area contributed by atoms with Gasteiger partial charge in [0.05, 0.1) is 38.9 Å². The molecule has 8 heteroatoms. The van der Waals surface area contributed by atoms with E-state index in [-0.39, 0.29) is 17.9 Å². The summed E-state index contributed by atoms with van der Waals surface area (Å²) in [6.07, 6.45) is 0.958. The van der Waals surface area contributed by atoms with Crippen molar-refractivity contribution in [3.8, 4) is 22.8 Å². The predicted molar refractivity (Wildman–Crippen MR) is 107 cm³/mol. The molecular weight excluding hydrogens is 376 g/mol. The fourth-order valence-electron chi connectivity index (χ4n) is 3.39. The van der Waals surface area contributed by atoms with Crippen molar-refractivity contribution in [2.24, 2.45) is 0 Å². The van der Waals surface area contributed by atoms with Crippen molar-refractivity contribution in [3.63, 3.8) is 0 Å². The monoisotopic (exact) mass is 404 g/mol. The van der Waals surface area contributed by atoms with E-state index >= 15 is 0 Å². The number of phenols is 2. The van der Waals surface area contributed by atoms with Crippen molar-refractivity contribution in [3.05, 3.63) is 35.6 Å². The summed E-state index contributed by atoms with van der Waals surface area (Å²) in [5, 5.41) is 23.4. The molecule has 0 atom stereocenters. The smallest absolute Gasteiger partial charge is 0.310 e. The van der Waals surface area contributed by atoms with Crippen molar-refractivity contribution >= 4 is 5.97 Å². The highest BCUT2D eigenvalue weighted by molar-refractivity contribution is 5.79. The first-order valence-electron chi connectivity index (χ1n) is 9.78. The average molecular weight is 404 g/mol. The number of benzene rings is 1. The number of rotatable bonds is 9. The number of nitrogens with one attached hydrogen (secondary N) is 1. The minimum Gasteiger partial charge on any atom is -0.508 e. The van der Waals surface area contributed by atoms with E-state index in [4.69, 9.17) is 13.9 Å². The highest BCUT2D eigenvalue weighted by atomic mass is 16.5. The van der Waals surface area contributed by atoms with E-state index in [2.05, 4.69) is 10.2 Å². The molecule has 3 rings (SSSR count). The molecule has 1 fully saturated rings. The molecule has 0 aliphatic carbocycles. The van der Waals surface area contributed by atoms with Crippen molar-refractivity contribution in [2.75, 3.05) is 46.5 Å². The van der Waals surface area contributed by atoms with E-state index < -0.39 is 5.97 Å². The van der Waals surface area contributed by atoms with Gasteiger partial charge in [-0.25, -0.2) is 0 Å². The summed E-state index contributed by atoms with van der Waals surface area (Å²) >= 11 is 0. The van der Waals surface area contributed by atoms with E-state index in [1.165, 1.54) is 19.2 Å². The molecule has 8 nitrogen and oxygen atoms in total. The lowest BCUT2D eigenvalue weighted by Crippen LogP contribution is -2.37. The van der Waals surface area contributed by atoms with Gasteiger partial charge in [-0.2, -0.15) is 0 Å². The molecule has 1 aliphatic rings. The summed E-state index contributed by atoms with van der Waals surface area (Å²) in [4.78, 5) is 14.1. The quantitative estimate of drug-likeness (QED) is 0.430. The fraction of sp³-hybridized carbons (Fsp3) is 0.476. The largest absolute Gasteiger partial charge is 0.508 e. The highest BCUT2D eigenvalue weighted by Gasteiger charge is 2.18. The Kier molecular flexibility index (Phi) is 7.51. The molecule has 0 spiro atoms. The molecule has 29 heavy (non-hydrogen) atoms. The Balaban J connectivity index is 1.57. The van der Waals surface area contributed by atoms with Gasteiger partial charge < -0.3 is 29.4 Å². The third-order valence-electron chi connectivity index (χ3n) is 4.89. The SMILES string of the molecule is COC(=O)Cc1cc(O)cc(O)c1-c1ccc(CNCCCN2CCOCC2)o1. The van der Waals surface area contributed by atoms with Gasteiger partial charge in [0.15, 0.2) is 0 Å². The first-order valence-corrected chi connectivity index (χ1v) is 9.78. The van der Waals surface area contributed by atoms with Crippen LogP contribution in [-0.2, 0) is 27.2 Å². The third-order valence-corrected chi connectivity index (χ3v) is 4.89. The van der Waals surface area contributed by atoms with Gasteiger partial charge in [0, 0.05) is 19.2 Å². The maximum atomic E-state index is 11.7. The van der Waals surface area contributed by atoms with E-state index in [1.54, 1.807) is 6.07 Å². The lowest BCUT2D eigenvalue weighted by molar-refractivity contribution is -0.139. The Morgan fingerprint density at radius 3 is 2.79 bits per heavy atom. The van der Waals surface area contributed by atoms with Gasteiger partial charge in [-0.05, 0) is 43.3 Å². The molecule has 1 aliphatic heterocycles. The number of furan rings is 1. The van der Waals surface area contributed by atoms with Gasteiger partial charge in [-0.1, -0.05) is 0 Å². The van der Waals surface area contributed by atoms with E-state index in [9.17, 15) is 15.0 Å². The first-order chi connectivity index (χ1) is 14.1. The Morgan fingerprint density at radius 1 is 1.24 bits per heavy atom. The van der Waals surface area contributed by atoms with E-state index in [1.807, 2.05) is 6.07 Å². The van der Waals surface area contributed by atoms with Crippen LogP contribution in [0.3, 0.4) is 0 Å². The summed E-state index contributed by atoms with van der Waals surface area (Å²) in [7, 11) is 1.29. The standard InChI is InChI=1S/C21H28N2O6/c1-27-20(26)12-15-11-16(24)13-18(25)21(15)19-4-3-17(29-19)14-22-5-2-6-23-7-9-28-10-8-23/h3-4,11,13,22,24-25H,2,5-10,12,14H2,1H3. The van der Waals surface area contributed by atoms with Crippen LogP contribution in [0.5, 0.6) is 11.5 Å². The van der Waals surface area contributed by atoms with Crippen molar-refractivity contribution < 1.29 is 28.9 Å². The molecule has 0 radical (unpaired) electrons. The number of phenolic OH excluding ortho intramolecular Hbond substituents is 2. The van der Waals surface area contributed by atoms with Crippen LogP contribution in [0.2, 0.25) is 0 Å². The number of carbonyl (C=O) groups is 1. The van der Waals surface area contributed by atoms with Crippen molar-refractivity contribution in [2.45, 2.75) is 19.4 Å². The molecule has 0 amide bonds. The summed E-state index contributed by atoms with van der Waals surface area (Å²) in [6, 6.07) is 6.23. The van der Waals surface area contributed by atoms with Crippen LogP contribution in [0.25, 0.3) is 11.3 Å². The highest BCUT2D eigenvalue weighted by Crippen LogP contribution is 2.37. The molecule has 1 saturated heterocycles. The second kappa shape index (κ2) is 10.3. The molecule has 0 saturated carbocycles. The summed E-state index contributed by atoms with van der Waals surface area (Å²) < 4.78 is 15.9. The zero-order valence-corrected chi connectivity index (χ0v) is 16.6. The molecule has 0 unspecified atom stereocenters. The summed E-state index contributed by atoms with van der Waals surface area (Å²) in [5.74, 6) is 0.418. The Hall–Kier alpha value is -2.55. The number of esters is 1. The minimum atomic E-state index is -0.468. The maximum Gasteiger partial charge on any atom is 0.310 e. The van der Waals surface area contributed by atoms with Crippen LogP contribution >= 0.6 is 0 Å². The van der Waals surface area contributed by atoms with Crippen molar-refractivity contribution in [1.82, 2.24) is 10.2 Å². The molecule has 2 heterocycles. The van der Waals surface area contributed by atoms with Crippen LogP contribution < -0.4 is 5.32 Å². The number of nitrogens with zero attached hydrogens (tertiary/aromatic N) is 1. The van der Waals surface area contributed by atoms with Crippen LogP contribution in [0.1, 0.15) is 17.7 Å². The maximum absolute atomic E-state index is 11.7. The van der Waals surface area contributed by atoms with Gasteiger partial charge in [0.1, 0.15) is 23.0 Å². The zero-order valence-electron chi connectivity index (χ0n) is 16.6. The second-order valence-electron chi connectivity index (χ2n) is 7.00. The van der Waals surface area contributed by atoms with E-state index in [0.717, 1.165) is 51.6 Å². The number of hydrogen-bond acceptors (Lipinski definition) is 8. The Labute approximate surface area is 170 Å². The van der Waals surface area contributed by atoms with Crippen LogP contribution in [-0.4, -0.2) is 67.6 Å². The van der Waals surface area contributed by atoms with Crippen LogP contribution in [0, 0.1) is 0 Å².